The summed E-state index contributed by atoms with van der Waals surface area (Å²) in [6.07, 6.45) is 0.930. The molecule has 3 rings (SSSR count). The molecule has 1 amide bonds. The lowest BCUT2D eigenvalue weighted by molar-refractivity contribution is -0.131. The number of aliphatic carboxylic acids is 1. The molecule has 2 N–H and O–H groups in total. The lowest BCUT2D eigenvalue weighted by Crippen LogP contribution is -2.45. The maximum Gasteiger partial charge on any atom is 0.410 e. The van der Waals surface area contributed by atoms with Gasteiger partial charge in [-0.3, -0.25) is 0 Å². The number of rotatable bonds is 10. The van der Waals surface area contributed by atoms with Crippen molar-refractivity contribution in [2.75, 3.05) is 6.54 Å². The second-order valence-corrected chi connectivity index (χ2v) is 13.5. The van der Waals surface area contributed by atoms with Gasteiger partial charge in [-0.1, -0.05) is 53.6 Å². The van der Waals surface area contributed by atoms with Gasteiger partial charge >= 0.3 is 12.1 Å². The predicted octanol–water partition coefficient (Wildman–Crippen LogP) is 6.48. The van der Waals surface area contributed by atoms with Gasteiger partial charge in [-0.25, -0.2) is 18.0 Å². The van der Waals surface area contributed by atoms with E-state index in [9.17, 15) is 23.1 Å². The normalized spacial score (nSPS) is 13.5. The summed E-state index contributed by atoms with van der Waals surface area (Å²) in [7, 11) is -3.95. The van der Waals surface area contributed by atoms with Gasteiger partial charge in [-0.2, -0.15) is 0 Å². The summed E-state index contributed by atoms with van der Waals surface area (Å²) in [6.45, 7) is 8.86. The summed E-state index contributed by atoms with van der Waals surface area (Å²) < 4.78 is 32.5. The van der Waals surface area contributed by atoms with Gasteiger partial charge < -0.3 is 19.8 Å². The molecular weight excluding hydrogens is 578 g/mol. The number of hydrogen-bond donors (Lipinski definition) is 2. The van der Waals surface area contributed by atoms with Gasteiger partial charge in [-0.05, 0) is 94.1 Å². The highest BCUT2D eigenvalue weighted by Gasteiger charge is 2.29. The number of carboxylic acids is 1. The summed E-state index contributed by atoms with van der Waals surface area (Å²) >= 11 is 6.09. The maximum absolute atomic E-state index is 13.5. The molecule has 0 radical (unpaired) electrons. The van der Waals surface area contributed by atoms with E-state index in [0.29, 0.717) is 17.0 Å². The molecule has 0 aliphatic heterocycles. The topological polar surface area (TPSA) is 121 Å². The number of carboxylic acid groups (broad SMARTS) is 1. The number of carbonyl (C=O) groups is 2. The first-order valence-electron chi connectivity index (χ1n) is 13.4. The summed E-state index contributed by atoms with van der Waals surface area (Å²) in [5, 5.41) is 20.4. The van der Waals surface area contributed by atoms with Crippen molar-refractivity contribution in [3.63, 3.8) is 0 Å². The van der Waals surface area contributed by atoms with E-state index in [4.69, 9.17) is 21.4 Å². The van der Waals surface area contributed by atoms with Crippen molar-refractivity contribution in [3.8, 4) is 0 Å². The van der Waals surface area contributed by atoms with Crippen LogP contribution >= 0.6 is 11.6 Å². The van der Waals surface area contributed by atoms with Crippen LogP contribution in [0.1, 0.15) is 56.1 Å². The minimum Gasteiger partial charge on any atom is -0.478 e. The Bertz CT molecular complexity index is 1560. The molecule has 224 valence electrons. The Morgan fingerprint density at radius 2 is 1.71 bits per heavy atom. The van der Waals surface area contributed by atoms with Crippen LogP contribution in [-0.4, -0.2) is 53.8 Å². The van der Waals surface area contributed by atoms with E-state index in [1.54, 1.807) is 76.2 Å². The molecule has 42 heavy (non-hydrogen) atoms. The monoisotopic (exact) mass is 613 g/mol. The number of aliphatic hydroxyl groups is 1. The Labute approximate surface area is 252 Å². The molecule has 2 atom stereocenters. The lowest BCUT2D eigenvalue weighted by Gasteiger charge is -2.33. The highest BCUT2D eigenvalue weighted by Crippen LogP contribution is 2.27. The van der Waals surface area contributed by atoms with Crippen LogP contribution in [0.2, 0.25) is 5.02 Å². The minimum atomic E-state index is -3.95. The third kappa shape index (κ3) is 8.92. The molecule has 0 aliphatic carbocycles. The van der Waals surface area contributed by atoms with Crippen molar-refractivity contribution in [1.82, 2.24) is 4.90 Å². The Morgan fingerprint density at radius 3 is 2.31 bits per heavy atom. The van der Waals surface area contributed by atoms with Gasteiger partial charge in [0.2, 0.25) is 9.84 Å². The van der Waals surface area contributed by atoms with Crippen molar-refractivity contribution < 1.29 is 33.0 Å². The molecule has 3 aromatic carbocycles. The van der Waals surface area contributed by atoms with Crippen molar-refractivity contribution in [2.45, 2.75) is 68.6 Å². The quantitative estimate of drug-likeness (QED) is 0.251. The molecule has 10 heteroatoms. The number of nitrogens with zero attached hydrogens (tertiary/aromatic N) is 1. The van der Waals surface area contributed by atoms with Gasteiger partial charge in [-0.15, -0.1) is 0 Å². The number of halogens is 1. The number of hydrogen-bond acceptors (Lipinski definition) is 6. The molecule has 0 bridgehead atoms. The first-order valence-corrected chi connectivity index (χ1v) is 15.2. The summed E-state index contributed by atoms with van der Waals surface area (Å²) in [5.74, 6) is -1.18. The van der Waals surface area contributed by atoms with Gasteiger partial charge in [0, 0.05) is 17.1 Å². The number of benzene rings is 3. The highest BCUT2D eigenvalue weighted by atomic mass is 35.5. The molecule has 0 unspecified atom stereocenters. The molecule has 0 spiro atoms. The number of carbonyl (C=O) groups excluding carboxylic acids is 1. The summed E-state index contributed by atoms with van der Waals surface area (Å²) in [5.41, 5.74) is 1.65. The molecule has 8 nitrogen and oxygen atoms in total. The van der Waals surface area contributed by atoms with E-state index in [1.807, 2.05) is 6.92 Å². The highest BCUT2D eigenvalue weighted by molar-refractivity contribution is 7.91. The first-order chi connectivity index (χ1) is 19.6. The van der Waals surface area contributed by atoms with E-state index < -0.39 is 39.6 Å². The van der Waals surface area contributed by atoms with Crippen molar-refractivity contribution in [1.29, 1.82) is 0 Å². The molecule has 0 aromatic heterocycles. The zero-order chi connectivity index (χ0) is 31.2. The second kappa shape index (κ2) is 13.5. The number of amides is 1. The standard InChI is InChI=1S/C32H36ClNO7S/c1-21-9-15-29(25(17-21)12-16-30(36)37)42(39,40)27-13-10-23(11-14-27)18-22(2)34(31(38)41-32(3,4)5)20-28(35)24-7-6-8-26(33)19-24/h6-17,19,22,28,35H,18,20H2,1-5H3,(H,36,37)/b16-12-/t22-,28+/m1/s1. The fourth-order valence-electron chi connectivity index (χ4n) is 4.35. The molecular formula is C32H36ClNO7S. The van der Waals surface area contributed by atoms with Crippen LogP contribution in [0.15, 0.2) is 82.6 Å². The minimum absolute atomic E-state index is 0.00202. The van der Waals surface area contributed by atoms with Crippen LogP contribution in [0.3, 0.4) is 0 Å². The fourth-order valence-corrected chi connectivity index (χ4v) is 5.98. The van der Waals surface area contributed by atoms with Crippen LogP contribution in [0.5, 0.6) is 0 Å². The SMILES string of the molecule is Cc1ccc(S(=O)(=O)c2ccc(C[C@@H](C)N(C[C@H](O)c3cccc(Cl)c3)C(=O)OC(C)(C)C)cc2)c(/C=C\C(=O)O)c1. The predicted molar refractivity (Wildman–Crippen MR) is 162 cm³/mol. The molecule has 0 fully saturated rings. The summed E-state index contributed by atoms with van der Waals surface area (Å²) in [4.78, 5) is 25.7. The van der Waals surface area contributed by atoms with E-state index in [-0.39, 0.29) is 21.9 Å². The van der Waals surface area contributed by atoms with E-state index in [1.165, 1.54) is 29.2 Å². The summed E-state index contributed by atoms with van der Waals surface area (Å²) in [6, 6.07) is 17.4. The van der Waals surface area contributed by atoms with E-state index in [0.717, 1.165) is 17.2 Å². The number of aryl methyl sites for hydroxylation is 1. The number of ether oxygens (including phenoxy) is 1. The largest absolute Gasteiger partial charge is 0.478 e. The Morgan fingerprint density at radius 1 is 1.05 bits per heavy atom. The molecule has 0 saturated heterocycles. The number of sulfone groups is 1. The van der Waals surface area contributed by atoms with Crippen LogP contribution in [-0.2, 0) is 25.8 Å². The molecule has 3 aromatic rings. The Balaban J connectivity index is 1.85. The second-order valence-electron chi connectivity index (χ2n) is 11.1. The van der Waals surface area contributed by atoms with Crippen LogP contribution in [0.4, 0.5) is 4.79 Å². The molecule has 0 aliphatic rings. The number of aliphatic hydroxyl groups excluding tert-OH is 1. The van der Waals surface area contributed by atoms with E-state index >= 15 is 0 Å². The van der Waals surface area contributed by atoms with Gasteiger partial charge in [0.25, 0.3) is 0 Å². The zero-order valence-electron chi connectivity index (χ0n) is 24.2. The van der Waals surface area contributed by atoms with Crippen molar-refractivity contribution in [2.24, 2.45) is 0 Å². The maximum atomic E-state index is 13.5. The third-order valence-electron chi connectivity index (χ3n) is 6.39. The van der Waals surface area contributed by atoms with Gasteiger partial charge in [0.1, 0.15) is 5.60 Å². The Hall–Kier alpha value is -3.66. The van der Waals surface area contributed by atoms with Crippen molar-refractivity contribution in [3.05, 3.63) is 100 Å². The van der Waals surface area contributed by atoms with Crippen LogP contribution < -0.4 is 0 Å². The Kier molecular flexibility index (Phi) is 10.6. The average Bonchev–Trinajstić information content (AvgIpc) is 2.89. The van der Waals surface area contributed by atoms with Gasteiger partial charge in [0.05, 0.1) is 22.4 Å². The lowest BCUT2D eigenvalue weighted by atomic mass is 10.0. The van der Waals surface area contributed by atoms with Gasteiger partial charge in [0.15, 0.2) is 0 Å². The van der Waals surface area contributed by atoms with Crippen molar-refractivity contribution >= 4 is 39.6 Å². The molecule has 0 heterocycles. The smallest absolute Gasteiger partial charge is 0.410 e. The molecule has 0 saturated carbocycles. The van der Waals surface area contributed by atoms with E-state index in [2.05, 4.69) is 0 Å². The fraction of sp³-hybridized carbons (Fsp3) is 0.312. The zero-order valence-corrected chi connectivity index (χ0v) is 25.8. The average molecular weight is 614 g/mol. The first kappa shape index (κ1) is 32.8. The van der Waals surface area contributed by atoms with Crippen LogP contribution in [0.25, 0.3) is 6.08 Å². The van der Waals surface area contributed by atoms with Crippen LogP contribution in [0, 0.1) is 6.92 Å². The third-order valence-corrected chi connectivity index (χ3v) is 8.47.